The number of amides is 1. The maximum atomic E-state index is 12.1. The van der Waals surface area contributed by atoms with Gasteiger partial charge in [0.2, 0.25) is 5.91 Å². The standard InChI is InChI=1S/C13H16N4OS2/c1-9-13(17(3)11(18)8-16(2)19)20-12(15-9)10-5-4-6-14-7-10/h4-7,19H,8H2,1-3H3/p+1. The summed E-state index contributed by atoms with van der Waals surface area (Å²) in [6.45, 7) is 2.21. The zero-order valence-corrected chi connectivity index (χ0v) is 13.4. The van der Waals surface area contributed by atoms with E-state index in [0.29, 0.717) is 6.54 Å². The summed E-state index contributed by atoms with van der Waals surface area (Å²) >= 11 is 4.79. The number of aromatic nitrogens is 2. The molecule has 2 aromatic rings. The maximum absolute atomic E-state index is 12.1. The molecule has 2 aromatic heterocycles. The lowest BCUT2D eigenvalue weighted by molar-refractivity contribution is -0.118. The van der Waals surface area contributed by atoms with Crippen LogP contribution >= 0.6 is 11.3 Å². The van der Waals surface area contributed by atoms with Crippen molar-refractivity contribution in [2.75, 3.05) is 25.5 Å². The molecule has 0 atom stereocenters. The molecule has 5 nitrogen and oxygen atoms in total. The molecule has 0 aromatic carbocycles. The van der Waals surface area contributed by atoms with E-state index in [1.807, 2.05) is 19.1 Å². The Labute approximate surface area is 127 Å². The summed E-state index contributed by atoms with van der Waals surface area (Å²) in [4.78, 5) is 22.3. The summed E-state index contributed by atoms with van der Waals surface area (Å²) in [5, 5.41) is 1.74. The Morgan fingerprint density at radius 1 is 1.45 bits per heavy atom. The van der Waals surface area contributed by atoms with E-state index in [0.717, 1.165) is 21.3 Å². The number of thiazole rings is 1. The van der Waals surface area contributed by atoms with Gasteiger partial charge >= 0.3 is 0 Å². The molecule has 0 aliphatic carbocycles. The fourth-order valence-electron chi connectivity index (χ4n) is 1.73. The van der Waals surface area contributed by atoms with Crippen LogP contribution in [0.3, 0.4) is 0 Å². The Balaban J connectivity index is 2.26. The number of nitrogens with zero attached hydrogens (tertiary/aromatic N) is 4. The second kappa shape index (κ2) is 6.34. The zero-order chi connectivity index (χ0) is 14.7. The third-order valence-corrected chi connectivity index (χ3v) is 4.17. The van der Waals surface area contributed by atoms with Crippen LogP contribution in [0.15, 0.2) is 24.5 Å². The Morgan fingerprint density at radius 3 is 2.80 bits per heavy atom. The lowest BCUT2D eigenvalue weighted by Crippen LogP contribution is -2.34. The second-order valence-corrected chi connectivity index (χ2v) is 6.20. The smallest absolute Gasteiger partial charge is 0.246 e. The van der Waals surface area contributed by atoms with E-state index in [1.54, 1.807) is 35.7 Å². The first-order valence-electron chi connectivity index (χ1n) is 6.06. The van der Waals surface area contributed by atoms with Gasteiger partial charge in [0.05, 0.1) is 5.69 Å². The summed E-state index contributed by atoms with van der Waals surface area (Å²) in [5.41, 5.74) is 1.81. The third kappa shape index (κ3) is 3.36. The minimum Gasteiger partial charge on any atom is -0.304 e. The van der Waals surface area contributed by atoms with Crippen LogP contribution in [-0.2, 0) is 17.6 Å². The number of pyridine rings is 1. The van der Waals surface area contributed by atoms with Crippen molar-refractivity contribution in [2.45, 2.75) is 6.92 Å². The molecule has 0 saturated carbocycles. The highest BCUT2D eigenvalue weighted by molar-refractivity contribution is 7.55. The van der Waals surface area contributed by atoms with E-state index in [4.69, 9.17) is 0 Å². The summed E-state index contributed by atoms with van der Waals surface area (Å²) in [6.07, 6.45) is 3.50. The summed E-state index contributed by atoms with van der Waals surface area (Å²) in [5.74, 6) is 0.00647. The third-order valence-electron chi connectivity index (χ3n) is 2.73. The zero-order valence-electron chi connectivity index (χ0n) is 11.6. The lowest BCUT2D eigenvalue weighted by Gasteiger charge is -2.15. The largest absolute Gasteiger partial charge is 0.304 e. The van der Waals surface area contributed by atoms with E-state index >= 15 is 0 Å². The van der Waals surface area contributed by atoms with E-state index in [9.17, 15) is 4.79 Å². The van der Waals surface area contributed by atoms with Crippen molar-refractivity contribution in [2.24, 2.45) is 0 Å². The molecule has 0 aliphatic heterocycles. The quantitative estimate of drug-likeness (QED) is 0.800. The predicted molar refractivity (Wildman–Crippen MR) is 86.3 cm³/mol. The second-order valence-electron chi connectivity index (χ2n) is 4.46. The van der Waals surface area contributed by atoms with Crippen molar-refractivity contribution in [1.29, 1.82) is 0 Å². The van der Waals surface area contributed by atoms with Gasteiger partial charge < -0.3 is 4.90 Å². The summed E-state index contributed by atoms with van der Waals surface area (Å²) in [7, 11) is 3.56. The molecule has 0 saturated heterocycles. The molecule has 2 heterocycles. The highest BCUT2D eigenvalue weighted by Gasteiger charge is 2.19. The van der Waals surface area contributed by atoms with Crippen molar-refractivity contribution in [3.63, 3.8) is 0 Å². The fraction of sp³-hybridized carbons (Fsp3) is 0.308. The minimum absolute atomic E-state index is 0.00647. The van der Waals surface area contributed by atoms with Crippen LogP contribution in [0, 0.1) is 6.92 Å². The number of hydrogen-bond donors (Lipinski definition) is 0. The molecule has 7 heteroatoms. The maximum Gasteiger partial charge on any atom is 0.246 e. The molecule has 2 rings (SSSR count). The predicted octanol–water partition coefficient (Wildman–Crippen LogP) is 1.33. The highest BCUT2D eigenvalue weighted by Crippen LogP contribution is 2.33. The molecule has 20 heavy (non-hydrogen) atoms. The van der Waals surface area contributed by atoms with Gasteiger partial charge in [0.1, 0.15) is 16.6 Å². The topological polar surface area (TPSA) is 49.3 Å². The fourth-order valence-corrected chi connectivity index (χ4v) is 2.91. The Hall–Kier alpha value is -1.44. The van der Waals surface area contributed by atoms with Gasteiger partial charge in [0.15, 0.2) is 0 Å². The Morgan fingerprint density at radius 2 is 2.20 bits per heavy atom. The van der Waals surface area contributed by atoms with Gasteiger partial charge in [0.25, 0.3) is 0 Å². The van der Waals surface area contributed by atoms with Gasteiger partial charge in [-0.3, -0.25) is 9.78 Å². The number of carbonyl (C=O) groups excluding carboxylic acids is 1. The molecule has 0 radical (unpaired) electrons. The SMILES string of the molecule is Cc1nc(-c2cccnc2)sc1N(C)C(=O)CN(C)[SH2+]. The van der Waals surface area contributed by atoms with E-state index in [1.165, 1.54) is 11.3 Å². The first-order valence-corrected chi connectivity index (χ1v) is 7.32. The van der Waals surface area contributed by atoms with Gasteiger partial charge in [0, 0.05) is 44.9 Å². The van der Waals surface area contributed by atoms with Crippen LogP contribution in [0.4, 0.5) is 5.00 Å². The number of hydrogen-bond acceptors (Lipinski definition) is 5. The van der Waals surface area contributed by atoms with Crippen molar-refractivity contribution >= 4 is 35.1 Å². The van der Waals surface area contributed by atoms with E-state index < -0.39 is 0 Å². The van der Waals surface area contributed by atoms with Crippen LogP contribution in [0.5, 0.6) is 0 Å². The normalized spacial score (nSPS) is 10.8. The average molecular weight is 309 g/mol. The molecule has 0 fully saturated rings. The van der Waals surface area contributed by atoms with Gasteiger partial charge in [-0.05, 0) is 19.1 Å². The number of likely N-dealkylation sites (N-methyl/N-ethyl adjacent to an activating group) is 2. The molecule has 0 aliphatic rings. The summed E-state index contributed by atoms with van der Waals surface area (Å²) in [6, 6.07) is 3.84. The first-order chi connectivity index (χ1) is 9.49. The number of carbonyl (C=O) groups is 1. The molecule has 0 spiro atoms. The molecule has 0 unspecified atom stereocenters. The minimum atomic E-state index is 0.00647. The highest BCUT2D eigenvalue weighted by atomic mass is 32.1. The Kier molecular flexibility index (Phi) is 4.74. The van der Waals surface area contributed by atoms with Crippen LogP contribution in [0.25, 0.3) is 10.6 Å². The average Bonchev–Trinajstić information content (AvgIpc) is 2.80. The number of anilines is 1. The summed E-state index contributed by atoms with van der Waals surface area (Å²) < 4.78 is 1.66. The number of rotatable bonds is 4. The molecule has 106 valence electrons. The monoisotopic (exact) mass is 309 g/mol. The van der Waals surface area contributed by atoms with Gasteiger partial charge in [-0.25, -0.2) is 4.98 Å². The molecule has 1 amide bonds. The van der Waals surface area contributed by atoms with Crippen LogP contribution in [0.1, 0.15) is 5.69 Å². The Bertz CT molecular complexity index is 598. The van der Waals surface area contributed by atoms with Crippen molar-refractivity contribution in [3.05, 3.63) is 30.2 Å². The molecular weight excluding hydrogens is 292 g/mol. The first kappa shape index (κ1) is 15.0. The van der Waals surface area contributed by atoms with Gasteiger partial charge in [-0.15, -0.1) is 4.31 Å². The molecule has 0 N–H and O–H groups in total. The van der Waals surface area contributed by atoms with Crippen molar-refractivity contribution in [3.8, 4) is 10.6 Å². The van der Waals surface area contributed by atoms with E-state index in [-0.39, 0.29) is 5.91 Å². The van der Waals surface area contributed by atoms with Gasteiger partial charge in [-0.1, -0.05) is 11.3 Å². The van der Waals surface area contributed by atoms with Gasteiger partial charge in [-0.2, -0.15) is 0 Å². The molecular formula is C13H17N4OS2+. The van der Waals surface area contributed by atoms with Crippen LogP contribution in [0.2, 0.25) is 0 Å². The van der Waals surface area contributed by atoms with Crippen LogP contribution in [-0.4, -0.2) is 40.8 Å². The molecule has 0 bridgehead atoms. The van der Waals surface area contributed by atoms with Crippen molar-refractivity contribution in [1.82, 2.24) is 14.3 Å². The lowest BCUT2D eigenvalue weighted by atomic mass is 10.3. The van der Waals surface area contributed by atoms with Crippen molar-refractivity contribution < 1.29 is 4.79 Å². The number of aryl methyl sites for hydroxylation is 1. The van der Waals surface area contributed by atoms with Crippen LogP contribution < -0.4 is 4.90 Å². The van der Waals surface area contributed by atoms with E-state index in [2.05, 4.69) is 22.8 Å².